The fourth-order valence-corrected chi connectivity index (χ4v) is 4.59. The van der Waals surface area contributed by atoms with Crippen molar-refractivity contribution >= 4 is 11.4 Å². The summed E-state index contributed by atoms with van der Waals surface area (Å²) in [5, 5.41) is 7.45. The Morgan fingerprint density at radius 3 is 1.09 bits per heavy atom. The molecular formula is C31H43N3. The average molecular weight is 458 g/mol. The van der Waals surface area contributed by atoms with Crippen molar-refractivity contribution < 1.29 is 0 Å². The van der Waals surface area contributed by atoms with Crippen molar-refractivity contribution in [2.24, 2.45) is 0 Å². The van der Waals surface area contributed by atoms with Gasteiger partial charge in [0.05, 0.1) is 24.5 Å². The minimum atomic E-state index is 0.473. The van der Waals surface area contributed by atoms with Gasteiger partial charge in [0.15, 0.2) is 0 Å². The molecule has 0 unspecified atom stereocenters. The fourth-order valence-electron chi connectivity index (χ4n) is 4.59. The number of anilines is 2. The molecule has 2 N–H and O–H groups in total. The molecule has 0 fully saturated rings. The standard InChI is InChI=1S/C31H43N3/c1-20(2)26-14-10-15-27(21(3)4)30(26)32-18-24-12-9-13-25(34-24)19-33-31-28(22(5)6)16-11-17-29(31)23(7)8/h9-17,20-23,32-33H,18-19H2,1-8H3. The van der Waals surface area contributed by atoms with Gasteiger partial charge in [-0.1, -0.05) is 97.9 Å². The second-order valence-electron chi connectivity index (χ2n) is 10.6. The normalized spacial score (nSPS) is 11.6. The van der Waals surface area contributed by atoms with Gasteiger partial charge in [-0.25, -0.2) is 0 Å². The highest BCUT2D eigenvalue weighted by atomic mass is 14.9. The summed E-state index contributed by atoms with van der Waals surface area (Å²) in [7, 11) is 0. The molecule has 34 heavy (non-hydrogen) atoms. The summed E-state index contributed by atoms with van der Waals surface area (Å²) in [5.74, 6) is 1.89. The van der Waals surface area contributed by atoms with E-state index in [9.17, 15) is 0 Å². The monoisotopic (exact) mass is 457 g/mol. The van der Waals surface area contributed by atoms with E-state index in [1.165, 1.54) is 33.6 Å². The summed E-state index contributed by atoms with van der Waals surface area (Å²) in [5.41, 5.74) is 10.1. The van der Waals surface area contributed by atoms with Crippen LogP contribution in [0.5, 0.6) is 0 Å². The zero-order valence-electron chi connectivity index (χ0n) is 22.4. The van der Waals surface area contributed by atoms with Crippen molar-refractivity contribution in [2.45, 2.75) is 92.2 Å². The minimum absolute atomic E-state index is 0.473. The quantitative estimate of drug-likeness (QED) is 0.319. The molecule has 0 saturated heterocycles. The number of aromatic nitrogens is 1. The molecule has 3 aromatic rings. The van der Waals surface area contributed by atoms with Crippen LogP contribution >= 0.6 is 0 Å². The van der Waals surface area contributed by atoms with E-state index in [2.05, 4.69) is 121 Å². The molecule has 1 aromatic heterocycles. The van der Waals surface area contributed by atoms with E-state index in [-0.39, 0.29) is 0 Å². The van der Waals surface area contributed by atoms with Crippen LogP contribution in [0.1, 0.15) is 113 Å². The molecule has 0 aliphatic heterocycles. The van der Waals surface area contributed by atoms with Gasteiger partial charge in [0.1, 0.15) is 0 Å². The molecule has 1 heterocycles. The molecule has 3 rings (SSSR count). The maximum atomic E-state index is 4.98. The highest BCUT2D eigenvalue weighted by Crippen LogP contribution is 2.34. The van der Waals surface area contributed by atoms with Gasteiger partial charge in [0, 0.05) is 11.4 Å². The minimum Gasteiger partial charge on any atom is -0.379 e. The first-order valence-electron chi connectivity index (χ1n) is 12.9. The van der Waals surface area contributed by atoms with Gasteiger partial charge in [-0.3, -0.25) is 4.98 Å². The Hall–Kier alpha value is -2.81. The number of hydrogen-bond donors (Lipinski definition) is 2. The molecule has 0 atom stereocenters. The predicted octanol–water partition coefficient (Wildman–Crippen LogP) is 8.80. The number of nitrogens with zero attached hydrogens (tertiary/aromatic N) is 1. The van der Waals surface area contributed by atoms with Gasteiger partial charge in [-0.05, 0) is 58.1 Å². The fraction of sp³-hybridized carbons (Fsp3) is 0.452. The average Bonchev–Trinajstić information content (AvgIpc) is 2.80. The molecular weight excluding hydrogens is 414 g/mol. The maximum absolute atomic E-state index is 4.98. The van der Waals surface area contributed by atoms with Crippen LogP contribution in [0.15, 0.2) is 54.6 Å². The van der Waals surface area contributed by atoms with Crippen molar-refractivity contribution in [3.05, 3.63) is 88.2 Å². The van der Waals surface area contributed by atoms with E-state index in [0.29, 0.717) is 23.7 Å². The van der Waals surface area contributed by atoms with E-state index in [4.69, 9.17) is 4.98 Å². The van der Waals surface area contributed by atoms with Crippen LogP contribution < -0.4 is 10.6 Å². The van der Waals surface area contributed by atoms with Gasteiger partial charge in [0.2, 0.25) is 0 Å². The van der Waals surface area contributed by atoms with Gasteiger partial charge >= 0.3 is 0 Å². The van der Waals surface area contributed by atoms with Crippen LogP contribution in [-0.4, -0.2) is 4.98 Å². The molecule has 0 bridgehead atoms. The van der Waals surface area contributed by atoms with Crippen molar-refractivity contribution in [2.75, 3.05) is 10.6 Å². The topological polar surface area (TPSA) is 37.0 Å². The van der Waals surface area contributed by atoms with Crippen LogP contribution in [0.3, 0.4) is 0 Å². The predicted molar refractivity (Wildman–Crippen MR) is 148 cm³/mol. The summed E-state index contributed by atoms with van der Waals surface area (Å²) < 4.78 is 0. The molecule has 0 amide bonds. The number of benzene rings is 2. The highest BCUT2D eigenvalue weighted by Gasteiger charge is 2.15. The molecule has 3 heteroatoms. The third-order valence-electron chi connectivity index (χ3n) is 6.50. The molecule has 0 aliphatic rings. The van der Waals surface area contributed by atoms with Crippen molar-refractivity contribution in [3.63, 3.8) is 0 Å². The molecule has 2 aromatic carbocycles. The SMILES string of the molecule is CC(C)c1cccc(C(C)C)c1NCc1cccc(CNc2c(C(C)C)cccc2C(C)C)n1. The van der Waals surface area contributed by atoms with Gasteiger partial charge in [-0.2, -0.15) is 0 Å². The Morgan fingerprint density at radius 2 is 0.794 bits per heavy atom. The Bertz CT molecular complexity index is 945. The first-order chi connectivity index (χ1) is 16.2. The molecule has 0 radical (unpaired) electrons. The van der Waals surface area contributed by atoms with Crippen molar-refractivity contribution in [3.8, 4) is 0 Å². The number of pyridine rings is 1. The smallest absolute Gasteiger partial charge is 0.0598 e. The summed E-state index contributed by atoms with van der Waals surface area (Å²) >= 11 is 0. The first-order valence-corrected chi connectivity index (χ1v) is 12.9. The lowest BCUT2D eigenvalue weighted by Gasteiger charge is -2.21. The lowest BCUT2D eigenvalue weighted by Crippen LogP contribution is -2.11. The van der Waals surface area contributed by atoms with Gasteiger partial charge in [0.25, 0.3) is 0 Å². The second kappa shape index (κ2) is 11.6. The first kappa shape index (κ1) is 25.8. The number of hydrogen-bond acceptors (Lipinski definition) is 3. The third-order valence-corrected chi connectivity index (χ3v) is 6.50. The summed E-state index contributed by atoms with van der Waals surface area (Å²) in [6, 6.07) is 19.7. The van der Waals surface area contributed by atoms with E-state index in [1.807, 2.05) is 0 Å². The van der Waals surface area contributed by atoms with Crippen LogP contribution in [0, 0.1) is 0 Å². The lowest BCUT2D eigenvalue weighted by atomic mass is 9.92. The molecule has 0 spiro atoms. The van der Waals surface area contributed by atoms with Crippen LogP contribution in [0.4, 0.5) is 11.4 Å². The molecule has 3 nitrogen and oxygen atoms in total. The summed E-state index contributed by atoms with van der Waals surface area (Å²) in [6.45, 7) is 19.5. The molecule has 0 saturated carbocycles. The van der Waals surface area contributed by atoms with Gasteiger partial charge in [-0.15, -0.1) is 0 Å². The summed E-state index contributed by atoms with van der Waals surface area (Å²) in [6.07, 6.45) is 0. The van der Waals surface area contributed by atoms with Crippen LogP contribution in [0.2, 0.25) is 0 Å². The Morgan fingerprint density at radius 1 is 0.500 bits per heavy atom. The number of nitrogens with one attached hydrogen (secondary N) is 2. The zero-order valence-corrected chi connectivity index (χ0v) is 22.4. The largest absolute Gasteiger partial charge is 0.379 e. The number of rotatable bonds is 10. The zero-order chi connectivity index (χ0) is 24.8. The number of para-hydroxylation sites is 2. The third kappa shape index (κ3) is 6.20. The summed E-state index contributed by atoms with van der Waals surface area (Å²) in [4.78, 5) is 4.98. The van der Waals surface area contributed by atoms with Crippen LogP contribution in [0.25, 0.3) is 0 Å². The highest BCUT2D eigenvalue weighted by molar-refractivity contribution is 5.61. The van der Waals surface area contributed by atoms with Crippen LogP contribution in [-0.2, 0) is 13.1 Å². The second-order valence-corrected chi connectivity index (χ2v) is 10.6. The molecule has 0 aliphatic carbocycles. The van der Waals surface area contributed by atoms with E-state index >= 15 is 0 Å². The Kier molecular flexibility index (Phi) is 8.77. The van der Waals surface area contributed by atoms with Crippen molar-refractivity contribution in [1.29, 1.82) is 0 Å². The maximum Gasteiger partial charge on any atom is 0.0598 e. The lowest BCUT2D eigenvalue weighted by molar-refractivity contribution is 0.828. The van der Waals surface area contributed by atoms with E-state index in [0.717, 1.165) is 24.5 Å². The van der Waals surface area contributed by atoms with E-state index < -0.39 is 0 Å². The molecule has 182 valence electrons. The Balaban J connectivity index is 1.78. The van der Waals surface area contributed by atoms with Crippen molar-refractivity contribution in [1.82, 2.24) is 4.98 Å². The van der Waals surface area contributed by atoms with E-state index in [1.54, 1.807) is 0 Å². The Labute approximate surface area is 207 Å². The van der Waals surface area contributed by atoms with Gasteiger partial charge < -0.3 is 10.6 Å².